The van der Waals surface area contributed by atoms with Crippen molar-refractivity contribution < 1.29 is 14.6 Å². The third kappa shape index (κ3) is 2.58. The molecule has 2 aliphatic heterocycles. The summed E-state index contributed by atoms with van der Waals surface area (Å²) in [7, 11) is 0. The standard InChI is InChI=1S/C15H20N2O3/c18-10-11-4-3-7-17(9-11)15(19)14-8-16-12-5-1-2-6-13(12)20-14/h1-2,5-6,11,14,16,18H,3-4,7-10H2. The zero-order valence-corrected chi connectivity index (χ0v) is 11.4. The number of amides is 1. The lowest BCUT2D eigenvalue weighted by Crippen LogP contribution is -2.50. The van der Waals surface area contributed by atoms with Gasteiger partial charge in [0.05, 0.1) is 12.2 Å². The maximum Gasteiger partial charge on any atom is 0.265 e. The summed E-state index contributed by atoms with van der Waals surface area (Å²) in [5, 5.41) is 12.5. The van der Waals surface area contributed by atoms with Gasteiger partial charge in [-0.25, -0.2) is 0 Å². The van der Waals surface area contributed by atoms with Gasteiger partial charge in [0.25, 0.3) is 5.91 Å². The number of anilines is 1. The summed E-state index contributed by atoms with van der Waals surface area (Å²) >= 11 is 0. The predicted octanol–water partition coefficient (Wildman–Crippen LogP) is 1.09. The van der Waals surface area contributed by atoms with E-state index in [-0.39, 0.29) is 18.4 Å². The van der Waals surface area contributed by atoms with Crippen molar-refractivity contribution in [3.8, 4) is 5.75 Å². The number of aliphatic hydroxyl groups is 1. The summed E-state index contributed by atoms with van der Waals surface area (Å²) in [6.07, 6.45) is 1.47. The second-order valence-electron chi connectivity index (χ2n) is 5.46. The first-order chi connectivity index (χ1) is 9.78. The van der Waals surface area contributed by atoms with Crippen LogP contribution in [0.4, 0.5) is 5.69 Å². The minimum atomic E-state index is -0.470. The minimum Gasteiger partial charge on any atom is -0.477 e. The van der Waals surface area contributed by atoms with Gasteiger partial charge in [0.2, 0.25) is 0 Å². The fourth-order valence-electron chi connectivity index (χ4n) is 2.87. The zero-order chi connectivity index (χ0) is 13.9. The van der Waals surface area contributed by atoms with Crippen molar-refractivity contribution >= 4 is 11.6 Å². The number of ether oxygens (including phenoxy) is 1. The molecule has 1 aromatic carbocycles. The lowest BCUT2D eigenvalue weighted by molar-refractivity contribution is -0.140. The fourth-order valence-corrected chi connectivity index (χ4v) is 2.87. The average Bonchev–Trinajstić information content (AvgIpc) is 2.53. The summed E-state index contributed by atoms with van der Waals surface area (Å²) in [6, 6.07) is 7.65. The second-order valence-corrected chi connectivity index (χ2v) is 5.46. The van der Waals surface area contributed by atoms with Crippen molar-refractivity contribution in [2.24, 2.45) is 5.92 Å². The number of fused-ring (bicyclic) bond motifs is 1. The quantitative estimate of drug-likeness (QED) is 0.849. The van der Waals surface area contributed by atoms with Gasteiger partial charge in [-0.15, -0.1) is 0 Å². The molecule has 2 atom stereocenters. The molecular formula is C15H20N2O3. The number of carbonyl (C=O) groups excluding carboxylic acids is 1. The molecule has 0 radical (unpaired) electrons. The fraction of sp³-hybridized carbons (Fsp3) is 0.533. The van der Waals surface area contributed by atoms with Crippen molar-refractivity contribution in [3.05, 3.63) is 24.3 Å². The highest BCUT2D eigenvalue weighted by Crippen LogP contribution is 2.29. The van der Waals surface area contributed by atoms with Crippen LogP contribution < -0.4 is 10.1 Å². The van der Waals surface area contributed by atoms with Gasteiger partial charge in [-0.1, -0.05) is 12.1 Å². The molecule has 2 aliphatic rings. The molecule has 0 spiro atoms. The topological polar surface area (TPSA) is 61.8 Å². The summed E-state index contributed by atoms with van der Waals surface area (Å²) in [6.45, 7) is 2.04. The van der Waals surface area contributed by atoms with E-state index in [1.54, 1.807) is 0 Å². The number of rotatable bonds is 2. The van der Waals surface area contributed by atoms with E-state index in [0.717, 1.165) is 30.8 Å². The summed E-state index contributed by atoms with van der Waals surface area (Å²) < 4.78 is 5.80. The van der Waals surface area contributed by atoms with E-state index in [9.17, 15) is 9.90 Å². The van der Waals surface area contributed by atoms with Gasteiger partial charge in [0.15, 0.2) is 6.10 Å². The van der Waals surface area contributed by atoms with Crippen LogP contribution in [0.3, 0.4) is 0 Å². The normalized spacial score (nSPS) is 25.4. The molecule has 0 aromatic heterocycles. The molecule has 5 heteroatoms. The van der Waals surface area contributed by atoms with E-state index in [4.69, 9.17) is 4.74 Å². The van der Waals surface area contributed by atoms with E-state index in [1.165, 1.54) is 0 Å². The summed E-state index contributed by atoms with van der Waals surface area (Å²) in [5.74, 6) is 0.953. The largest absolute Gasteiger partial charge is 0.477 e. The number of hydrogen-bond acceptors (Lipinski definition) is 4. The Bertz CT molecular complexity index is 492. The van der Waals surface area contributed by atoms with Gasteiger partial charge in [0.1, 0.15) is 5.75 Å². The van der Waals surface area contributed by atoms with E-state index < -0.39 is 6.10 Å². The Morgan fingerprint density at radius 2 is 2.30 bits per heavy atom. The van der Waals surface area contributed by atoms with E-state index in [0.29, 0.717) is 13.1 Å². The molecule has 1 fully saturated rings. The van der Waals surface area contributed by atoms with Crippen molar-refractivity contribution in [2.75, 3.05) is 31.6 Å². The third-order valence-electron chi connectivity index (χ3n) is 4.00. The highest BCUT2D eigenvalue weighted by atomic mass is 16.5. The number of likely N-dealkylation sites (tertiary alicyclic amines) is 1. The molecule has 0 aliphatic carbocycles. The molecule has 0 saturated carbocycles. The number of aliphatic hydroxyl groups excluding tert-OH is 1. The van der Waals surface area contributed by atoms with Crippen LogP contribution in [0.5, 0.6) is 5.75 Å². The second kappa shape index (κ2) is 5.71. The lowest BCUT2D eigenvalue weighted by atomic mass is 9.98. The van der Waals surface area contributed by atoms with Gasteiger partial charge in [0, 0.05) is 19.7 Å². The predicted molar refractivity (Wildman–Crippen MR) is 75.7 cm³/mol. The molecule has 20 heavy (non-hydrogen) atoms. The van der Waals surface area contributed by atoms with Gasteiger partial charge in [-0.3, -0.25) is 4.79 Å². The summed E-state index contributed by atoms with van der Waals surface area (Å²) in [4.78, 5) is 14.3. The van der Waals surface area contributed by atoms with Crippen LogP contribution >= 0.6 is 0 Å². The summed E-state index contributed by atoms with van der Waals surface area (Å²) in [5.41, 5.74) is 0.934. The first kappa shape index (κ1) is 13.2. The number of piperidine rings is 1. The van der Waals surface area contributed by atoms with Crippen LogP contribution in [0.25, 0.3) is 0 Å². The SMILES string of the molecule is O=C(C1CNc2ccccc2O1)N1CCCC(CO)C1. The van der Waals surface area contributed by atoms with Crippen LogP contribution in [0.15, 0.2) is 24.3 Å². The van der Waals surface area contributed by atoms with E-state index in [1.807, 2.05) is 29.2 Å². The highest BCUT2D eigenvalue weighted by Gasteiger charge is 2.32. The van der Waals surface area contributed by atoms with E-state index >= 15 is 0 Å². The number of carbonyl (C=O) groups is 1. The van der Waals surface area contributed by atoms with Crippen molar-refractivity contribution in [1.82, 2.24) is 4.90 Å². The number of nitrogens with one attached hydrogen (secondary N) is 1. The number of nitrogens with zero attached hydrogens (tertiary/aromatic N) is 1. The molecule has 0 bridgehead atoms. The Morgan fingerprint density at radius 3 is 3.15 bits per heavy atom. The molecule has 1 amide bonds. The van der Waals surface area contributed by atoms with Crippen molar-refractivity contribution in [1.29, 1.82) is 0 Å². The molecule has 1 aromatic rings. The van der Waals surface area contributed by atoms with Gasteiger partial charge >= 0.3 is 0 Å². The van der Waals surface area contributed by atoms with Gasteiger partial charge < -0.3 is 20.1 Å². The van der Waals surface area contributed by atoms with Crippen LogP contribution in [-0.2, 0) is 4.79 Å². The Labute approximate surface area is 118 Å². The Morgan fingerprint density at radius 1 is 1.45 bits per heavy atom. The number of hydrogen-bond donors (Lipinski definition) is 2. The first-order valence-electron chi connectivity index (χ1n) is 7.17. The molecule has 108 valence electrons. The van der Waals surface area contributed by atoms with Crippen LogP contribution in [0.1, 0.15) is 12.8 Å². The zero-order valence-electron chi connectivity index (χ0n) is 11.4. The molecule has 1 saturated heterocycles. The lowest BCUT2D eigenvalue weighted by Gasteiger charge is -2.35. The first-order valence-corrected chi connectivity index (χ1v) is 7.17. The van der Waals surface area contributed by atoms with Crippen molar-refractivity contribution in [2.45, 2.75) is 18.9 Å². The maximum absolute atomic E-state index is 12.5. The minimum absolute atomic E-state index is 0.0187. The highest BCUT2D eigenvalue weighted by molar-refractivity contribution is 5.83. The van der Waals surface area contributed by atoms with E-state index in [2.05, 4.69) is 5.32 Å². The number of para-hydroxylation sites is 2. The van der Waals surface area contributed by atoms with Gasteiger partial charge in [-0.05, 0) is 30.9 Å². The Hall–Kier alpha value is -1.75. The third-order valence-corrected chi connectivity index (χ3v) is 4.00. The maximum atomic E-state index is 12.5. The van der Waals surface area contributed by atoms with Crippen LogP contribution in [0.2, 0.25) is 0 Å². The molecular weight excluding hydrogens is 256 g/mol. The molecule has 3 rings (SSSR count). The average molecular weight is 276 g/mol. The smallest absolute Gasteiger partial charge is 0.265 e. The van der Waals surface area contributed by atoms with Crippen LogP contribution in [0, 0.1) is 5.92 Å². The number of benzene rings is 1. The molecule has 5 nitrogen and oxygen atoms in total. The van der Waals surface area contributed by atoms with Crippen LogP contribution in [-0.4, -0.2) is 48.3 Å². The van der Waals surface area contributed by atoms with Gasteiger partial charge in [-0.2, -0.15) is 0 Å². The van der Waals surface area contributed by atoms with Crippen molar-refractivity contribution in [3.63, 3.8) is 0 Å². The Balaban J connectivity index is 1.67. The Kier molecular flexibility index (Phi) is 3.78. The molecule has 2 heterocycles. The molecule has 2 unspecified atom stereocenters. The molecule has 2 N–H and O–H groups in total. The monoisotopic (exact) mass is 276 g/mol.